The molecule has 2 aromatic heterocycles. The molecule has 0 radical (unpaired) electrons. The molecule has 0 spiro atoms. The fourth-order valence-electron chi connectivity index (χ4n) is 7.06. The number of fused-ring (bicyclic) bond motifs is 2. The van der Waals surface area contributed by atoms with Crippen molar-refractivity contribution in [1.82, 2.24) is 20.1 Å². The molecule has 2 aliphatic rings. The molecule has 3 unspecified atom stereocenters. The predicted molar refractivity (Wildman–Crippen MR) is 215 cm³/mol. The van der Waals surface area contributed by atoms with Gasteiger partial charge in [-0.1, -0.05) is 23.6 Å². The van der Waals surface area contributed by atoms with Crippen LogP contribution in [-0.2, 0) is 37.6 Å². The van der Waals surface area contributed by atoms with Crippen LogP contribution in [0.2, 0.25) is 5.02 Å². The van der Waals surface area contributed by atoms with Gasteiger partial charge < -0.3 is 11.1 Å². The third-order valence-electron chi connectivity index (χ3n) is 10.3. The van der Waals surface area contributed by atoms with Gasteiger partial charge in [0.15, 0.2) is 15.7 Å². The van der Waals surface area contributed by atoms with Crippen molar-refractivity contribution in [3.63, 3.8) is 0 Å². The summed E-state index contributed by atoms with van der Waals surface area (Å²) in [5.74, 6) is -5.76. The molecule has 0 aliphatic heterocycles. The van der Waals surface area contributed by atoms with Crippen molar-refractivity contribution in [2.24, 2.45) is 22.6 Å². The molecular formula is C39H34ClF10N7O5S2. The first-order valence-electron chi connectivity index (χ1n) is 18.5. The summed E-state index contributed by atoms with van der Waals surface area (Å²) in [5.41, 5.74) is -0.559. The molecule has 4 aromatic rings. The summed E-state index contributed by atoms with van der Waals surface area (Å²) in [6.07, 6.45) is -9.57. The van der Waals surface area contributed by atoms with Crippen molar-refractivity contribution in [3.8, 4) is 23.0 Å². The Morgan fingerprint density at radius 1 is 1.02 bits per heavy atom. The number of nitrogens with one attached hydrogen (secondary N) is 2. The summed E-state index contributed by atoms with van der Waals surface area (Å²) >= 11 is 6.44. The number of aromatic nitrogens is 3. The van der Waals surface area contributed by atoms with E-state index in [-0.39, 0.29) is 44.9 Å². The lowest BCUT2D eigenvalue weighted by atomic mass is 9.93. The number of aliphatic imine (C=N–C) groups is 1. The number of sulfonamides is 1. The van der Waals surface area contributed by atoms with Gasteiger partial charge >= 0.3 is 12.4 Å². The van der Waals surface area contributed by atoms with Crippen LogP contribution in [0.3, 0.4) is 0 Å². The van der Waals surface area contributed by atoms with Crippen molar-refractivity contribution < 1.29 is 65.5 Å². The van der Waals surface area contributed by atoms with Crippen LogP contribution in [0.1, 0.15) is 43.3 Å². The predicted octanol–water partition coefficient (Wildman–Crippen LogP) is 7.04. The number of hydrogen-bond donors (Lipinski definition) is 3. The van der Waals surface area contributed by atoms with Crippen LogP contribution in [0.5, 0.6) is 0 Å². The highest BCUT2D eigenvalue weighted by atomic mass is 35.5. The molecule has 0 saturated heterocycles. The first kappa shape index (κ1) is 48.1. The van der Waals surface area contributed by atoms with Crippen LogP contribution < -0.4 is 15.8 Å². The van der Waals surface area contributed by atoms with E-state index >= 15 is 8.78 Å². The zero-order valence-electron chi connectivity index (χ0n) is 33.5. The number of nitrogens with two attached hydrogens (primary N) is 1. The molecular weight excluding hydrogens is 936 g/mol. The third-order valence-corrected chi connectivity index (χ3v) is 13.1. The number of hydrogen-bond acceptors (Lipinski definition) is 9. The van der Waals surface area contributed by atoms with E-state index in [9.17, 15) is 56.8 Å². The Kier molecular flexibility index (Phi) is 12.4. The minimum Gasteiger partial charge on any atom is -0.394 e. The average molecular weight is 970 g/mol. The second-order valence-electron chi connectivity index (χ2n) is 15.6. The smallest absolute Gasteiger partial charge is 0.394 e. The van der Waals surface area contributed by atoms with Crippen molar-refractivity contribution in [2.45, 2.75) is 62.3 Å². The van der Waals surface area contributed by atoms with Gasteiger partial charge in [-0.2, -0.15) is 40.2 Å². The van der Waals surface area contributed by atoms with Crippen LogP contribution in [0, 0.1) is 35.3 Å². The zero-order valence-corrected chi connectivity index (χ0v) is 35.9. The molecule has 2 aromatic carbocycles. The number of alkyl halides is 8. The maximum atomic E-state index is 15.3. The van der Waals surface area contributed by atoms with Crippen molar-refractivity contribution >= 4 is 59.8 Å². The molecule has 12 nitrogen and oxygen atoms in total. The number of halogens is 11. The van der Waals surface area contributed by atoms with Gasteiger partial charge in [-0.15, -0.1) is 0 Å². The monoisotopic (exact) mass is 969 g/mol. The van der Waals surface area contributed by atoms with Gasteiger partial charge in [0.25, 0.3) is 5.92 Å². The number of anilines is 1. The van der Waals surface area contributed by atoms with E-state index in [4.69, 9.17) is 17.3 Å². The fraction of sp³-hybridized carbons (Fsp3) is 0.385. The highest BCUT2D eigenvalue weighted by Crippen LogP contribution is 2.62. The van der Waals surface area contributed by atoms with E-state index in [1.54, 1.807) is 0 Å². The third kappa shape index (κ3) is 10.3. The lowest BCUT2D eigenvalue weighted by molar-refractivity contribution is -0.141. The molecule has 64 heavy (non-hydrogen) atoms. The number of nitrogens with zero attached hydrogens (tertiary/aromatic N) is 4. The molecule has 25 heteroatoms. The minimum atomic E-state index is -5.23. The molecule has 6 rings (SSSR count). The van der Waals surface area contributed by atoms with Gasteiger partial charge in [-0.3, -0.25) is 19.2 Å². The minimum absolute atomic E-state index is 0.190. The Hall–Kier alpha value is -5.41. The Morgan fingerprint density at radius 2 is 1.64 bits per heavy atom. The first-order valence-corrected chi connectivity index (χ1v) is 22.7. The van der Waals surface area contributed by atoms with Gasteiger partial charge in [0.1, 0.15) is 46.6 Å². The zero-order chi connectivity index (χ0) is 47.7. The SMILES string of the molecule is CC(C)(C#Cc1ccc(-c2ccc(Cl)c3c(NS(C)(=O)=O)nn(CC(F)(F)F)c23)c(C(Cc2cc(F)cc(F)c2)NC(=O)CN=C2C(=C(N)C(F)(F)F)C3CC3C2(F)F)n1)S(C)(=O)=O. The Labute approximate surface area is 363 Å². The molecule has 4 N–H and O–H groups in total. The van der Waals surface area contributed by atoms with Crippen LogP contribution in [0.25, 0.3) is 22.0 Å². The number of carbonyl (C=O) groups is 1. The van der Waals surface area contributed by atoms with Gasteiger partial charge in [-0.05, 0) is 74.4 Å². The van der Waals surface area contributed by atoms with Crippen LogP contribution >= 0.6 is 11.6 Å². The highest BCUT2D eigenvalue weighted by molar-refractivity contribution is 7.92. The molecule has 1 amide bonds. The number of allylic oxidation sites excluding steroid dienone is 2. The number of benzene rings is 2. The van der Waals surface area contributed by atoms with Gasteiger partial charge in [0.05, 0.1) is 33.9 Å². The molecule has 2 saturated carbocycles. The average Bonchev–Trinajstić information content (AvgIpc) is 3.81. The summed E-state index contributed by atoms with van der Waals surface area (Å²) in [4.78, 5) is 21.8. The van der Waals surface area contributed by atoms with Crippen molar-refractivity contribution in [2.75, 3.05) is 23.8 Å². The highest BCUT2D eigenvalue weighted by Gasteiger charge is 2.68. The van der Waals surface area contributed by atoms with E-state index in [0.717, 1.165) is 24.5 Å². The Morgan fingerprint density at radius 3 is 2.22 bits per heavy atom. The lowest BCUT2D eigenvalue weighted by Crippen LogP contribution is -2.35. The van der Waals surface area contributed by atoms with Gasteiger partial charge in [-0.25, -0.2) is 30.6 Å². The Balaban J connectivity index is 1.59. The maximum absolute atomic E-state index is 15.3. The van der Waals surface area contributed by atoms with Crippen LogP contribution in [0.15, 0.2) is 58.7 Å². The second-order valence-corrected chi connectivity index (χ2v) is 20.4. The van der Waals surface area contributed by atoms with Crippen LogP contribution in [-0.4, -0.2) is 85.3 Å². The molecule has 2 heterocycles. The summed E-state index contributed by atoms with van der Waals surface area (Å²) in [7, 11) is -8.05. The molecule has 0 bridgehead atoms. The summed E-state index contributed by atoms with van der Waals surface area (Å²) in [6, 6.07) is 5.26. The second kappa shape index (κ2) is 16.5. The lowest BCUT2D eigenvalue weighted by Gasteiger charge is -2.23. The van der Waals surface area contributed by atoms with E-state index in [0.29, 0.717) is 17.0 Å². The first-order chi connectivity index (χ1) is 29.3. The molecule has 3 atom stereocenters. The van der Waals surface area contributed by atoms with E-state index in [1.807, 2.05) is 4.72 Å². The molecule has 2 fully saturated rings. The van der Waals surface area contributed by atoms with E-state index in [1.165, 1.54) is 32.0 Å². The Bertz CT molecular complexity index is 2920. The topological polar surface area (TPSA) is 178 Å². The molecule has 344 valence electrons. The number of carbonyl (C=O) groups excluding carboxylic acids is 1. The van der Waals surface area contributed by atoms with E-state index in [2.05, 4.69) is 32.2 Å². The van der Waals surface area contributed by atoms with Gasteiger partial charge in [0.2, 0.25) is 15.9 Å². The molecule has 2 aliphatic carbocycles. The number of rotatable bonds is 11. The summed E-state index contributed by atoms with van der Waals surface area (Å²) < 4.78 is 193. The fourth-order valence-corrected chi connectivity index (χ4v) is 8.03. The summed E-state index contributed by atoms with van der Waals surface area (Å²) in [5, 5.41) is 5.62. The maximum Gasteiger partial charge on any atom is 0.431 e. The quantitative estimate of drug-likeness (QED) is 0.106. The largest absolute Gasteiger partial charge is 0.431 e. The number of pyridine rings is 1. The normalized spacial score (nSPS) is 19.5. The number of amides is 1. The van der Waals surface area contributed by atoms with Crippen LogP contribution in [0.4, 0.5) is 49.7 Å². The van der Waals surface area contributed by atoms with Crippen molar-refractivity contribution in [1.29, 1.82) is 0 Å². The standard InChI is InChI=1S/C39H34ClF10N7O5S2/c1-36(2,63(3,59)60)10-9-21-5-6-22(23-7-8-26(40)30-32(23)57(17-37(43,44)45)55-35(30)56-64(4,61)62)31(53-21)27(13-18-11-19(41)14-20(42)12-18)54-28(58)16-52-34-29(33(51)39(48,49)50)24-15-25(24)38(34,46)47/h5-8,11-12,14,24-25,27H,13,15-17,51H2,1-4H3,(H,54,58)(H,55,56). The van der Waals surface area contributed by atoms with E-state index < -0.39 is 126 Å². The summed E-state index contributed by atoms with van der Waals surface area (Å²) in [6.45, 7) is -0.557. The van der Waals surface area contributed by atoms with Crippen molar-refractivity contribution in [3.05, 3.63) is 87.3 Å². The van der Waals surface area contributed by atoms with Gasteiger partial charge in [0, 0.05) is 34.9 Å². The number of sulfone groups is 1.